The van der Waals surface area contributed by atoms with Gasteiger partial charge in [0.25, 0.3) is 11.7 Å². The summed E-state index contributed by atoms with van der Waals surface area (Å²) in [6, 6.07) is 5.14. The number of anilines is 1. The third kappa shape index (κ3) is 2.31. The van der Waals surface area contributed by atoms with Gasteiger partial charge in [0.05, 0.1) is 31.1 Å². The molecule has 1 aliphatic heterocycles. The first-order chi connectivity index (χ1) is 8.66. The molecule has 18 heavy (non-hydrogen) atoms. The first-order valence-electron chi connectivity index (χ1n) is 5.50. The zero-order valence-electron chi connectivity index (χ0n) is 9.56. The van der Waals surface area contributed by atoms with Gasteiger partial charge in [-0.15, -0.1) is 0 Å². The normalized spacial score (nSPS) is 14.2. The molecule has 0 saturated heterocycles. The van der Waals surface area contributed by atoms with Crippen LogP contribution in [-0.4, -0.2) is 43.2 Å². The Kier molecular flexibility index (Phi) is 4.11. The molecule has 1 heterocycles. The number of aliphatic hydroxyl groups excluding tert-OH is 1. The van der Waals surface area contributed by atoms with Gasteiger partial charge in [-0.05, 0) is 28.1 Å². The number of ketones is 1. The van der Waals surface area contributed by atoms with Gasteiger partial charge in [0.2, 0.25) is 0 Å². The summed E-state index contributed by atoms with van der Waals surface area (Å²) in [6.45, 7) is 0.729. The summed E-state index contributed by atoms with van der Waals surface area (Å²) in [4.78, 5) is 25.0. The van der Waals surface area contributed by atoms with Crippen molar-refractivity contribution in [3.8, 4) is 0 Å². The van der Waals surface area contributed by atoms with Crippen LogP contribution >= 0.6 is 15.9 Å². The Morgan fingerprint density at radius 1 is 1.28 bits per heavy atom. The van der Waals surface area contributed by atoms with Crippen molar-refractivity contribution in [2.24, 2.45) is 0 Å². The van der Waals surface area contributed by atoms with E-state index < -0.39 is 11.7 Å². The van der Waals surface area contributed by atoms with E-state index in [9.17, 15) is 9.59 Å². The average molecular weight is 314 g/mol. The Balaban J connectivity index is 2.17. The second kappa shape index (κ2) is 5.60. The summed E-state index contributed by atoms with van der Waals surface area (Å²) in [6.07, 6.45) is 0. The number of para-hydroxylation sites is 1. The number of amides is 1. The zero-order valence-corrected chi connectivity index (χ0v) is 11.1. The van der Waals surface area contributed by atoms with E-state index in [0.717, 1.165) is 0 Å². The lowest BCUT2D eigenvalue weighted by Gasteiger charge is -2.17. The highest BCUT2D eigenvalue weighted by Gasteiger charge is 2.36. The van der Waals surface area contributed by atoms with E-state index in [-0.39, 0.29) is 19.8 Å². The van der Waals surface area contributed by atoms with Crippen LogP contribution in [0.3, 0.4) is 0 Å². The fraction of sp³-hybridized carbons (Fsp3) is 0.333. The summed E-state index contributed by atoms with van der Waals surface area (Å²) in [5.41, 5.74) is 1.01. The predicted octanol–water partition coefficient (Wildman–Crippen LogP) is 0.987. The van der Waals surface area contributed by atoms with Crippen LogP contribution in [0.15, 0.2) is 22.7 Å². The fourth-order valence-corrected chi connectivity index (χ4v) is 2.43. The zero-order chi connectivity index (χ0) is 13.1. The lowest BCUT2D eigenvalue weighted by atomic mass is 10.1. The van der Waals surface area contributed by atoms with E-state index in [1.807, 2.05) is 0 Å². The van der Waals surface area contributed by atoms with Crippen molar-refractivity contribution in [1.29, 1.82) is 0 Å². The summed E-state index contributed by atoms with van der Waals surface area (Å²) < 4.78 is 5.82. The summed E-state index contributed by atoms with van der Waals surface area (Å²) in [5, 5.41) is 8.59. The highest BCUT2D eigenvalue weighted by atomic mass is 79.9. The molecule has 6 heteroatoms. The number of nitrogens with zero attached hydrogens (tertiary/aromatic N) is 1. The molecule has 0 saturated carbocycles. The molecule has 1 aromatic rings. The van der Waals surface area contributed by atoms with Gasteiger partial charge in [0.1, 0.15) is 0 Å². The van der Waals surface area contributed by atoms with Gasteiger partial charge in [-0.25, -0.2) is 0 Å². The molecular formula is C12H12BrNO4. The molecular weight excluding hydrogens is 302 g/mol. The number of hydrogen-bond acceptors (Lipinski definition) is 4. The molecule has 1 N–H and O–H groups in total. The lowest BCUT2D eigenvalue weighted by Crippen LogP contribution is -2.33. The maximum Gasteiger partial charge on any atom is 0.299 e. The van der Waals surface area contributed by atoms with Crippen molar-refractivity contribution in [1.82, 2.24) is 0 Å². The van der Waals surface area contributed by atoms with Crippen molar-refractivity contribution in [2.75, 3.05) is 31.3 Å². The molecule has 0 aliphatic carbocycles. The number of hydrogen-bond donors (Lipinski definition) is 1. The van der Waals surface area contributed by atoms with Gasteiger partial charge < -0.3 is 14.7 Å². The summed E-state index contributed by atoms with van der Waals surface area (Å²) >= 11 is 3.34. The van der Waals surface area contributed by atoms with Crippen molar-refractivity contribution in [3.63, 3.8) is 0 Å². The number of benzene rings is 1. The molecule has 1 amide bonds. The van der Waals surface area contributed by atoms with Crippen LogP contribution in [0, 0.1) is 0 Å². The number of rotatable bonds is 5. The number of fused-ring (bicyclic) bond motifs is 1. The smallest absolute Gasteiger partial charge is 0.299 e. The van der Waals surface area contributed by atoms with E-state index in [1.54, 1.807) is 18.2 Å². The number of Topliss-reactive ketones (excluding diaryl/α,β-unsaturated/α-hetero) is 1. The minimum Gasteiger partial charge on any atom is -0.394 e. The average Bonchev–Trinajstić information content (AvgIpc) is 2.61. The van der Waals surface area contributed by atoms with Crippen molar-refractivity contribution in [2.45, 2.75) is 0 Å². The third-order valence-corrected chi connectivity index (χ3v) is 3.28. The van der Waals surface area contributed by atoms with Gasteiger partial charge in [-0.1, -0.05) is 6.07 Å². The van der Waals surface area contributed by atoms with Gasteiger partial charge >= 0.3 is 0 Å². The van der Waals surface area contributed by atoms with Crippen molar-refractivity contribution >= 4 is 33.3 Å². The Morgan fingerprint density at radius 3 is 2.78 bits per heavy atom. The monoisotopic (exact) mass is 313 g/mol. The first-order valence-corrected chi connectivity index (χ1v) is 6.29. The Morgan fingerprint density at radius 2 is 2.06 bits per heavy atom. The third-order valence-electron chi connectivity index (χ3n) is 2.64. The predicted molar refractivity (Wildman–Crippen MR) is 68.7 cm³/mol. The Labute approximate surface area is 112 Å². The molecule has 96 valence electrons. The standard InChI is InChI=1S/C12H12BrNO4/c13-9-3-1-2-8-10(9)14(12(17)11(8)16)4-6-18-7-5-15/h1-3,15H,4-7H2. The molecule has 5 nitrogen and oxygen atoms in total. The molecule has 0 unspecified atom stereocenters. The van der Waals surface area contributed by atoms with Crippen LogP contribution in [0.1, 0.15) is 10.4 Å². The van der Waals surface area contributed by atoms with Crippen LogP contribution < -0.4 is 4.90 Å². The second-order valence-electron chi connectivity index (χ2n) is 3.76. The lowest BCUT2D eigenvalue weighted by molar-refractivity contribution is -0.114. The quantitative estimate of drug-likeness (QED) is 0.650. The maximum absolute atomic E-state index is 11.8. The molecule has 0 atom stereocenters. The highest BCUT2D eigenvalue weighted by molar-refractivity contribution is 9.10. The van der Waals surface area contributed by atoms with Crippen LogP contribution in [0.2, 0.25) is 0 Å². The van der Waals surface area contributed by atoms with Crippen LogP contribution in [-0.2, 0) is 9.53 Å². The largest absolute Gasteiger partial charge is 0.394 e. The molecule has 0 radical (unpaired) electrons. The SMILES string of the molecule is O=C1C(=O)N(CCOCCO)c2c(Br)cccc21. The fourth-order valence-electron chi connectivity index (χ4n) is 1.85. The van der Waals surface area contributed by atoms with E-state index in [0.29, 0.717) is 22.3 Å². The second-order valence-corrected chi connectivity index (χ2v) is 4.61. The van der Waals surface area contributed by atoms with Crippen molar-refractivity contribution in [3.05, 3.63) is 28.2 Å². The number of halogens is 1. The van der Waals surface area contributed by atoms with Crippen LogP contribution in [0.25, 0.3) is 0 Å². The van der Waals surface area contributed by atoms with E-state index >= 15 is 0 Å². The Hall–Kier alpha value is -1.24. The summed E-state index contributed by atoms with van der Waals surface area (Å²) in [5.74, 6) is -1.03. The summed E-state index contributed by atoms with van der Waals surface area (Å²) in [7, 11) is 0. The van der Waals surface area contributed by atoms with E-state index in [1.165, 1.54) is 4.90 Å². The van der Waals surface area contributed by atoms with Gasteiger partial charge in [0, 0.05) is 11.0 Å². The molecule has 1 aliphatic rings. The molecule has 0 spiro atoms. The topological polar surface area (TPSA) is 66.8 Å². The minimum absolute atomic E-state index is 0.0623. The first kappa shape index (κ1) is 13.2. The highest BCUT2D eigenvalue weighted by Crippen LogP contribution is 2.35. The van der Waals surface area contributed by atoms with Gasteiger partial charge in [0.15, 0.2) is 0 Å². The van der Waals surface area contributed by atoms with Gasteiger partial charge in [-0.2, -0.15) is 0 Å². The number of carbonyl (C=O) groups is 2. The molecule has 0 bridgehead atoms. The maximum atomic E-state index is 11.8. The van der Waals surface area contributed by atoms with Crippen LogP contribution in [0.5, 0.6) is 0 Å². The van der Waals surface area contributed by atoms with E-state index in [4.69, 9.17) is 9.84 Å². The molecule has 0 aromatic heterocycles. The van der Waals surface area contributed by atoms with Crippen molar-refractivity contribution < 1.29 is 19.4 Å². The Bertz CT molecular complexity index is 489. The molecule has 0 fully saturated rings. The molecule has 1 aromatic carbocycles. The van der Waals surface area contributed by atoms with Gasteiger partial charge in [-0.3, -0.25) is 9.59 Å². The number of ether oxygens (including phenoxy) is 1. The number of carbonyl (C=O) groups excluding carboxylic acids is 2. The van der Waals surface area contributed by atoms with Crippen LogP contribution in [0.4, 0.5) is 5.69 Å². The van der Waals surface area contributed by atoms with E-state index in [2.05, 4.69) is 15.9 Å². The molecule has 2 rings (SSSR count). The number of aliphatic hydroxyl groups is 1. The minimum atomic E-state index is -0.538.